The van der Waals surface area contributed by atoms with Gasteiger partial charge in [-0.05, 0) is 30.9 Å². The van der Waals surface area contributed by atoms with Gasteiger partial charge in [-0.2, -0.15) is 0 Å². The van der Waals surface area contributed by atoms with E-state index in [0.29, 0.717) is 6.54 Å². The first-order valence-corrected chi connectivity index (χ1v) is 9.42. The summed E-state index contributed by atoms with van der Waals surface area (Å²) < 4.78 is 5.28. The van der Waals surface area contributed by atoms with E-state index in [0.717, 1.165) is 42.1 Å². The Bertz CT molecular complexity index is 828. The molecule has 25 heavy (non-hydrogen) atoms. The Morgan fingerprint density at radius 1 is 1.28 bits per heavy atom. The van der Waals surface area contributed by atoms with Gasteiger partial charge in [-0.1, -0.05) is 24.1 Å². The number of aromatic nitrogens is 1. The number of methoxy groups -OCH3 is 1. The van der Waals surface area contributed by atoms with Gasteiger partial charge in [-0.15, -0.1) is 11.3 Å². The zero-order valence-corrected chi connectivity index (χ0v) is 15.0. The summed E-state index contributed by atoms with van der Waals surface area (Å²) in [4.78, 5) is 20.4. The van der Waals surface area contributed by atoms with Crippen LogP contribution in [0, 0.1) is 17.8 Å². The normalized spacial score (nSPS) is 21.7. The number of nitrogens with zero attached hydrogens (tertiary/aromatic N) is 2. The lowest BCUT2D eigenvalue weighted by atomic mass is 9.81. The molecule has 0 bridgehead atoms. The van der Waals surface area contributed by atoms with Gasteiger partial charge in [0.25, 0.3) is 0 Å². The van der Waals surface area contributed by atoms with Crippen LogP contribution in [-0.2, 0) is 22.5 Å². The van der Waals surface area contributed by atoms with Crippen LogP contribution in [0.4, 0.5) is 0 Å². The summed E-state index contributed by atoms with van der Waals surface area (Å²) in [6.45, 7) is 1.43. The fraction of sp³-hybridized carbons (Fsp3) is 0.400. The Kier molecular flexibility index (Phi) is 4.56. The third-order valence-electron chi connectivity index (χ3n) is 4.91. The first-order chi connectivity index (χ1) is 12.2. The Morgan fingerprint density at radius 3 is 2.84 bits per heavy atom. The van der Waals surface area contributed by atoms with E-state index in [2.05, 4.69) is 16.8 Å². The third-order valence-corrected chi connectivity index (χ3v) is 5.91. The van der Waals surface area contributed by atoms with Crippen molar-refractivity contribution < 1.29 is 9.53 Å². The van der Waals surface area contributed by atoms with Crippen LogP contribution in [0.1, 0.15) is 34.0 Å². The van der Waals surface area contributed by atoms with E-state index in [9.17, 15) is 4.79 Å². The molecule has 128 valence electrons. The first-order valence-electron chi connectivity index (χ1n) is 8.60. The number of ether oxygens (including phenoxy) is 1. The summed E-state index contributed by atoms with van der Waals surface area (Å²) in [6, 6.07) is 9.93. The van der Waals surface area contributed by atoms with Crippen LogP contribution in [0.2, 0.25) is 0 Å². The third kappa shape index (κ3) is 3.46. The van der Waals surface area contributed by atoms with Crippen LogP contribution in [0.15, 0.2) is 30.3 Å². The van der Waals surface area contributed by atoms with Crippen molar-refractivity contribution in [1.82, 2.24) is 9.88 Å². The molecule has 2 aliphatic rings. The van der Waals surface area contributed by atoms with Gasteiger partial charge in [-0.3, -0.25) is 4.79 Å². The SMILES string of the molecule is COC1CC(C(=O)N2CCc3nc(C#Cc4ccccc4)sc3C2)C1. The summed E-state index contributed by atoms with van der Waals surface area (Å²) in [5.41, 5.74) is 2.10. The topological polar surface area (TPSA) is 42.4 Å². The molecule has 1 aromatic heterocycles. The summed E-state index contributed by atoms with van der Waals surface area (Å²) in [5.74, 6) is 6.72. The van der Waals surface area contributed by atoms with E-state index >= 15 is 0 Å². The number of fused-ring (bicyclic) bond motifs is 1. The van der Waals surface area contributed by atoms with Crippen LogP contribution in [0.3, 0.4) is 0 Å². The number of carbonyl (C=O) groups excluding carboxylic acids is 1. The molecule has 1 aliphatic heterocycles. The van der Waals surface area contributed by atoms with Gasteiger partial charge in [0.1, 0.15) is 0 Å². The molecule has 0 spiro atoms. The minimum Gasteiger partial charge on any atom is -0.381 e. The highest BCUT2D eigenvalue weighted by Gasteiger charge is 2.38. The predicted octanol–water partition coefficient (Wildman–Crippen LogP) is 2.85. The standard InChI is InChI=1S/C20H20N2O2S/c1-24-16-11-15(12-16)20(23)22-10-9-17-18(13-22)25-19(21-17)8-7-14-5-3-2-4-6-14/h2-6,15-16H,9-13H2,1H3. The molecular formula is C20H20N2O2S. The molecule has 1 aliphatic carbocycles. The van der Waals surface area contributed by atoms with Gasteiger partial charge >= 0.3 is 0 Å². The van der Waals surface area contributed by atoms with Gasteiger partial charge in [0, 0.05) is 36.4 Å². The molecule has 5 heteroatoms. The second-order valence-electron chi connectivity index (χ2n) is 6.54. The van der Waals surface area contributed by atoms with Crippen LogP contribution in [0.5, 0.6) is 0 Å². The van der Waals surface area contributed by atoms with Gasteiger partial charge in [-0.25, -0.2) is 4.98 Å². The summed E-state index contributed by atoms with van der Waals surface area (Å²) in [5, 5.41) is 0.839. The number of rotatable bonds is 2. The van der Waals surface area contributed by atoms with Crippen LogP contribution in [-0.4, -0.2) is 35.5 Å². The highest BCUT2D eigenvalue weighted by molar-refractivity contribution is 7.12. The number of thiazole rings is 1. The molecule has 4 rings (SSSR count). The molecule has 0 N–H and O–H groups in total. The smallest absolute Gasteiger partial charge is 0.226 e. The summed E-state index contributed by atoms with van der Waals surface area (Å²) in [6.07, 6.45) is 2.80. The maximum atomic E-state index is 12.6. The number of carbonyl (C=O) groups is 1. The molecule has 2 heterocycles. The minimum atomic E-state index is 0.136. The largest absolute Gasteiger partial charge is 0.381 e. The Hall–Kier alpha value is -2.16. The van der Waals surface area contributed by atoms with Crippen molar-refractivity contribution in [2.75, 3.05) is 13.7 Å². The van der Waals surface area contributed by atoms with E-state index in [1.807, 2.05) is 35.2 Å². The van der Waals surface area contributed by atoms with Crippen molar-refractivity contribution in [2.24, 2.45) is 5.92 Å². The van der Waals surface area contributed by atoms with E-state index < -0.39 is 0 Å². The van der Waals surface area contributed by atoms with Crippen molar-refractivity contribution in [3.8, 4) is 11.8 Å². The quantitative estimate of drug-likeness (QED) is 0.781. The molecule has 2 aromatic rings. The number of amides is 1. The van der Waals surface area contributed by atoms with E-state index in [4.69, 9.17) is 4.74 Å². The number of hydrogen-bond acceptors (Lipinski definition) is 4. The summed E-state index contributed by atoms with van der Waals surface area (Å²) >= 11 is 1.61. The van der Waals surface area contributed by atoms with Crippen molar-refractivity contribution in [2.45, 2.75) is 31.9 Å². The second kappa shape index (κ2) is 6.99. The zero-order chi connectivity index (χ0) is 17.2. The molecule has 0 unspecified atom stereocenters. The lowest BCUT2D eigenvalue weighted by Gasteiger charge is -2.37. The van der Waals surface area contributed by atoms with Crippen LogP contribution < -0.4 is 0 Å². The Labute approximate surface area is 151 Å². The Morgan fingerprint density at radius 2 is 2.08 bits per heavy atom. The molecule has 1 saturated carbocycles. The van der Waals surface area contributed by atoms with Crippen LogP contribution >= 0.6 is 11.3 Å². The number of benzene rings is 1. The lowest BCUT2D eigenvalue weighted by Crippen LogP contribution is -2.45. The highest BCUT2D eigenvalue weighted by Crippen LogP contribution is 2.33. The first kappa shape index (κ1) is 16.3. The number of hydrogen-bond donors (Lipinski definition) is 0. The van der Waals surface area contributed by atoms with Gasteiger partial charge in [0.2, 0.25) is 5.91 Å². The highest BCUT2D eigenvalue weighted by atomic mass is 32.1. The van der Waals surface area contributed by atoms with Crippen molar-refractivity contribution in [3.63, 3.8) is 0 Å². The maximum Gasteiger partial charge on any atom is 0.226 e. The van der Waals surface area contributed by atoms with Crippen molar-refractivity contribution in [1.29, 1.82) is 0 Å². The van der Waals surface area contributed by atoms with E-state index in [1.54, 1.807) is 18.4 Å². The van der Waals surface area contributed by atoms with Crippen LogP contribution in [0.25, 0.3) is 0 Å². The zero-order valence-electron chi connectivity index (χ0n) is 14.2. The molecule has 1 amide bonds. The molecule has 0 radical (unpaired) electrons. The van der Waals surface area contributed by atoms with Gasteiger partial charge in [0.05, 0.1) is 18.3 Å². The molecule has 0 saturated heterocycles. The van der Waals surface area contributed by atoms with E-state index in [1.165, 1.54) is 4.88 Å². The minimum absolute atomic E-state index is 0.136. The summed E-state index contributed by atoms with van der Waals surface area (Å²) in [7, 11) is 1.72. The molecule has 1 aromatic carbocycles. The lowest BCUT2D eigenvalue weighted by molar-refractivity contribution is -0.144. The monoisotopic (exact) mass is 352 g/mol. The Balaban J connectivity index is 1.43. The fourth-order valence-electron chi connectivity index (χ4n) is 3.30. The van der Waals surface area contributed by atoms with Gasteiger partial charge < -0.3 is 9.64 Å². The second-order valence-corrected chi connectivity index (χ2v) is 7.62. The average Bonchev–Trinajstić information content (AvgIpc) is 3.02. The molecular weight excluding hydrogens is 332 g/mol. The maximum absolute atomic E-state index is 12.6. The fourth-order valence-corrected chi connectivity index (χ4v) is 4.28. The molecule has 4 nitrogen and oxygen atoms in total. The predicted molar refractivity (Wildman–Crippen MR) is 97.2 cm³/mol. The van der Waals surface area contributed by atoms with Gasteiger partial charge in [0.15, 0.2) is 5.01 Å². The molecule has 1 fully saturated rings. The van der Waals surface area contributed by atoms with Crippen molar-refractivity contribution >= 4 is 17.2 Å². The van der Waals surface area contributed by atoms with E-state index in [-0.39, 0.29) is 17.9 Å². The molecule has 0 atom stereocenters. The van der Waals surface area contributed by atoms with Crippen molar-refractivity contribution in [3.05, 3.63) is 51.5 Å². The average molecular weight is 352 g/mol.